The lowest BCUT2D eigenvalue weighted by Gasteiger charge is -2.60. The highest BCUT2D eigenvalue weighted by Crippen LogP contribution is 2.56. The lowest BCUT2D eigenvalue weighted by atomic mass is 9.42. The molecule has 0 aromatic heterocycles. The van der Waals surface area contributed by atoms with E-state index in [9.17, 15) is 34.3 Å². The first kappa shape index (κ1) is 28.8. The van der Waals surface area contributed by atoms with Crippen molar-refractivity contribution in [1.29, 1.82) is 5.26 Å². The summed E-state index contributed by atoms with van der Waals surface area (Å²) in [6.45, 7) is 1.94. The molecule has 2 unspecified atom stereocenters. The molecular weight excluding hydrogens is 538 g/mol. The number of aryl methyl sites for hydroxylation is 1. The first-order chi connectivity index (χ1) is 19.6. The molecule has 0 spiro atoms. The summed E-state index contributed by atoms with van der Waals surface area (Å²) in [4.78, 5) is 69.2. The van der Waals surface area contributed by atoms with Gasteiger partial charge in [-0.15, -0.1) is 0 Å². The molecule has 3 aliphatic carbocycles. The van der Waals surface area contributed by atoms with E-state index in [0.29, 0.717) is 11.1 Å². The maximum absolute atomic E-state index is 14.3. The van der Waals surface area contributed by atoms with E-state index >= 15 is 0 Å². The summed E-state index contributed by atoms with van der Waals surface area (Å²) in [6, 6.07) is 10.5. The second kappa shape index (κ2) is 9.43. The number of primary amides is 1. The molecule has 2 aromatic carbocycles. The molecule has 214 valence electrons. The highest BCUT2D eigenvalue weighted by Gasteiger charge is 2.78. The van der Waals surface area contributed by atoms with Gasteiger partial charge in [0.25, 0.3) is 0 Å². The molecule has 2 fully saturated rings. The number of likely N-dealkylation sites (N-methyl/N-ethyl adjacent to an activating group) is 1. The molecule has 42 heavy (non-hydrogen) atoms. The zero-order valence-corrected chi connectivity index (χ0v) is 23.2. The van der Waals surface area contributed by atoms with E-state index in [2.05, 4.69) is 11.8 Å². The van der Waals surface area contributed by atoms with E-state index in [4.69, 9.17) is 17.2 Å². The highest BCUT2D eigenvalue weighted by atomic mass is 16.3. The molecule has 7 N–H and O–H groups in total. The normalized spacial score (nSPS) is 31.8. The average molecular weight is 568 g/mol. The van der Waals surface area contributed by atoms with Crippen molar-refractivity contribution in [2.75, 3.05) is 14.1 Å². The molecule has 0 saturated heterocycles. The van der Waals surface area contributed by atoms with Gasteiger partial charge in [0.1, 0.15) is 11.7 Å². The van der Waals surface area contributed by atoms with Gasteiger partial charge in [0, 0.05) is 16.7 Å². The van der Waals surface area contributed by atoms with Crippen molar-refractivity contribution in [2.24, 2.45) is 34.5 Å². The lowest BCUT2D eigenvalue weighted by Crippen LogP contribution is -2.85. The summed E-state index contributed by atoms with van der Waals surface area (Å²) >= 11 is 0. The van der Waals surface area contributed by atoms with E-state index in [1.165, 1.54) is 31.1 Å². The number of ketones is 4. The quantitative estimate of drug-likeness (QED) is 0.270. The third-order valence-corrected chi connectivity index (χ3v) is 8.87. The summed E-state index contributed by atoms with van der Waals surface area (Å²) in [6.07, 6.45) is -0.666. The van der Waals surface area contributed by atoms with Crippen LogP contribution in [-0.2, 0) is 25.6 Å². The molecule has 2 aromatic rings. The minimum Gasteiger partial charge on any atom is -0.507 e. The van der Waals surface area contributed by atoms with Gasteiger partial charge in [-0.05, 0) is 63.7 Å². The number of Topliss-reactive ketones (excluding diaryl/α,β-unsaturated/α-hetero) is 4. The van der Waals surface area contributed by atoms with Crippen LogP contribution in [0.3, 0.4) is 0 Å². The monoisotopic (exact) mass is 567 g/mol. The molecule has 0 heterocycles. The van der Waals surface area contributed by atoms with Crippen molar-refractivity contribution in [3.63, 3.8) is 0 Å². The van der Waals surface area contributed by atoms with E-state index in [1.807, 2.05) is 31.2 Å². The van der Waals surface area contributed by atoms with E-state index in [0.717, 1.165) is 5.56 Å². The van der Waals surface area contributed by atoms with Gasteiger partial charge in [-0.2, -0.15) is 5.26 Å². The van der Waals surface area contributed by atoms with Crippen LogP contribution in [-0.4, -0.2) is 70.3 Å². The van der Waals surface area contributed by atoms with Crippen molar-refractivity contribution in [3.05, 3.63) is 64.2 Å². The Morgan fingerprint density at radius 2 is 1.67 bits per heavy atom. The van der Waals surface area contributed by atoms with Crippen molar-refractivity contribution in [2.45, 2.75) is 36.9 Å². The summed E-state index contributed by atoms with van der Waals surface area (Å²) in [5.41, 5.74) is 14.5. The second-order valence-corrected chi connectivity index (χ2v) is 11.7. The Kier molecular flexibility index (Phi) is 6.47. The number of carbonyl (C=O) groups is 5. The Hall–Kier alpha value is -4.68. The van der Waals surface area contributed by atoms with Crippen LogP contribution < -0.4 is 17.2 Å². The molecular formula is C31H29N5O6. The number of carbonyl (C=O) groups excluding carboxylic acids is 5. The van der Waals surface area contributed by atoms with Crippen molar-refractivity contribution in [1.82, 2.24) is 4.90 Å². The van der Waals surface area contributed by atoms with E-state index in [1.54, 1.807) is 6.07 Å². The lowest BCUT2D eigenvalue weighted by molar-refractivity contribution is -0.166. The number of phenols is 1. The second-order valence-electron chi connectivity index (χ2n) is 11.7. The number of nitrogens with two attached hydrogens (primary N) is 3. The number of amides is 1. The number of nitrogens with zero attached hydrogens (tertiary/aromatic N) is 2. The fraction of sp³-hybridized carbons (Fsp3) is 0.355. The van der Waals surface area contributed by atoms with Crippen LogP contribution in [0, 0.1) is 47.3 Å². The molecule has 11 nitrogen and oxygen atoms in total. The maximum atomic E-state index is 14.3. The van der Waals surface area contributed by atoms with Gasteiger partial charge in [0.2, 0.25) is 5.91 Å². The SMILES string of the molecule is Cc1ccc(C#Cc2ccc(O)c3c2C[C@@]2(N)C[C@@]4(N)[C@H](N(C)C)C(=O)C(C(N)=O)C(=O)[C@@]4(C#N)C(=O)C2C3=O)cc1. The number of nitriles is 1. The molecule has 3 aliphatic rings. The molecule has 5 rings (SSSR count). The largest absolute Gasteiger partial charge is 0.507 e. The van der Waals surface area contributed by atoms with Crippen LogP contribution in [0.15, 0.2) is 36.4 Å². The van der Waals surface area contributed by atoms with Crippen LogP contribution in [0.5, 0.6) is 5.75 Å². The molecule has 0 aliphatic heterocycles. The number of phenolic OH excluding ortho intramolecular Hbond substituents is 1. The van der Waals surface area contributed by atoms with Gasteiger partial charge in [-0.1, -0.05) is 29.5 Å². The van der Waals surface area contributed by atoms with Gasteiger partial charge in [0.15, 0.2) is 34.5 Å². The maximum Gasteiger partial charge on any atom is 0.235 e. The molecule has 0 radical (unpaired) electrons. The van der Waals surface area contributed by atoms with E-state index in [-0.39, 0.29) is 17.5 Å². The fourth-order valence-corrected chi connectivity index (χ4v) is 7.10. The standard InChI is InChI=1S/C31H29N5O6/c1-15-4-6-16(7-5-15)8-9-17-10-11-19(37)20-18(17)12-29(34)13-31(35)25(36(2)3)24(39)21(28(33)42)26(40)30(31,14-32)27(41)22(29)23(20)38/h4-7,10-11,21-22,25,37H,12-13,34-35H2,1-3H3,(H2,33,42)/t21?,22?,25-,29-,30+,31-/m1/s1. The summed E-state index contributed by atoms with van der Waals surface area (Å²) in [7, 11) is 2.90. The third-order valence-electron chi connectivity index (χ3n) is 8.87. The van der Waals surface area contributed by atoms with Gasteiger partial charge in [-0.25, -0.2) is 0 Å². The van der Waals surface area contributed by atoms with Crippen LogP contribution in [0.1, 0.15) is 39.0 Å². The topological polar surface area (TPSA) is 211 Å². The Balaban J connectivity index is 1.72. The molecule has 1 amide bonds. The Bertz CT molecular complexity index is 1710. The minimum atomic E-state index is -2.78. The van der Waals surface area contributed by atoms with Crippen molar-refractivity contribution in [3.8, 4) is 23.7 Å². The van der Waals surface area contributed by atoms with Gasteiger partial charge >= 0.3 is 0 Å². The fourth-order valence-electron chi connectivity index (χ4n) is 7.10. The van der Waals surface area contributed by atoms with Gasteiger partial charge in [0.05, 0.1) is 23.2 Å². The van der Waals surface area contributed by atoms with Gasteiger partial charge in [-0.3, -0.25) is 28.9 Å². The minimum absolute atomic E-state index is 0.182. The molecule has 11 heteroatoms. The summed E-state index contributed by atoms with van der Waals surface area (Å²) in [5, 5.41) is 21.2. The predicted octanol–water partition coefficient (Wildman–Crippen LogP) is -0.483. The smallest absolute Gasteiger partial charge is 0.235 e. The number of benzene rings is 2. The first-order valence-electron chi connectivity index (χ1n) is 13.2. The Morgan fingerprint density at radius 1 is 1.02 bits per heavy atom. The van der Waals surface area contributed by atoms with Crippen LogP contribution in [0.4, 0.5) is 0 Å². The number of fused-ring (bicyclic) bond motifs is 3. The van der Waals surface area contributed by atoms with Crippen LogP contribution in [0.2, 0.25) is 0 Å². The summed E-state index contributed by atoms with van der Waals surface area (Å²) in [5.74, 6) is -4.05. The van der Waals surface area contributed by atoms with Gasteiger partial charge < -0.3 is 22.3 Å². The number of rotatable bonds is 2. The average Bonchev–Trinajstić information content (AvgIpc) is 2.88. The zero-order valence-electron chi connectivity index (χ0n) is 23.2. The summed E-state index contributed by atoms with van der Waals surface area (Å²) < 4.78 is 0. The predicted molar refractivity (Wildman–Crippen MR) is 148 cm³/mol. The molecule has 2 saturated carbocycles. The van der Waals surface area contributed by atoms with Crippen molar-refractivity contribution < 1.29 is 29.1 Å². The third kappa shape index (κ3) is 3.68. The Labute approximate surface area is 241 Å². The number of aromatic hydroxyl groups is 1. The highest BCUT2D eigenvalue weighted by molar-refractivity contribution is 6.33. The number of hydrogen-bond donors (Lipinski definition) is 4. The zero-order chi connectivity index (χ0) is 30.9. The van der Waals surface area contributed by atoms with Crippen molar-refractivity contribution >= 4 is 29.0 Å². The Morgan fingerprint density at radius 3 is 2.24 bits per heavy atom. The molecule has 0 bridgehead atoms. The van der Waals surface area contributed by atoms with Crippen LogP contribution in [0.25, 0.3) is 0 Å². The van der Waals surface area contributed by atoms with Crippen LogP contribution >= 0.6 is 0 Å². The molecule has 6 atom stereocenters. The first-order valence-corrected chi connectivity index (χ1v) is 13.2. The van der Waals surface area contributed by atoms with E-state index < -0.39 is 75.6 Å². The number of hydrogen-bond acceptors (Lipinski definition) is 10.